The number of carboxylic acids is 1. The van der Waals surface area contributed by atoms with Gasteiger partial charge in [-0.05, 0) is 31.7 Å². The van der Waals surface area contributed by atoms with Gasteiger partial charge in [0.25, 0.3) is 0 Å². The van der Waals surface area contributed by atoms with E-state index in [1.54, 1.807) is 7.05 Å². The Labute approximate surface area is 105 Å². The fourth-order valence-corrected chi connectivity index (χ4v) is 2.11. The molecule has 1 heterocycles. The number of carboxylic acid groups (broad SMARTS) is 1. The van der Waals surface area contributed by atoms with Gasteiger partial charge >= 0.3 is 5.97 Å². The Morgan fingerprint density at radius 3 is 2.89 bits per heavy atom. The minimum absolute atomic E-state index is 0.409. The van der Waals surface area contributed by atoms with E-state index in [2.05, 4.69) is 10.3 Å². The predicted molar refractivity (Wildman–Crippen MR) is 69.8 cm³/mol. The Kier molecular flexibility index (Phi) is 3.34. The first-order chi connectivity index (χ1) is 8.54. The highest BCUT2D eigenvalue weighted by molar-refractivity contribution is 5.81. The van der Waals surface area contributed by atoms with Crippen LogP contribution >= 0.6 is 0 Å². The van der Waals surface area contributed by atoms with Crippen LogP contribution in [0.5, 0.6) is 0 Å². The molecule has 1 atom stereocenters. The number of aromatic nitrogens is 2. The number of likely N-dealkylation sites (N-methyl/N-ethyl adjacent to an activating group) is 1. The molecule has 0 radical (unpaired) electrons. The molecule has 2 N–H and O–H groups in total. The molecular weight excluding hydrogens is 230 g/mol. The van der Waals surface area contributed by atoms with Gasteiger partial charge in [0.05, 0.1) is 17.0 Å². The molecule has 0 aliphatic carbocycles. The maximum Gasteiger partial charge on any atom is 0.312 e. The molecule has 0 spiro atoms. The largest absolute Gasteiger partial charge is 0.481 e. The lowest BCUT2D eigenvalue weighted by atomic mass is 9.99. The molecule has 0 aliphatic rings. The molecule has 2 aromatic rings. The molecule has 0 saturated carbocycles. The molecule has 5 nitrogen and oxygen atoms in total. The number of carbonyl (C=O) groups is 1. The van der Waals surface area contributed by atoms with E-state index in [0.29, 0.717) is 6.54 Å². The van der Waals surface area contributed by atoms with Crippen LogP contribution < -0.4 is 5.32 Å². The van der Waals surface area contributed by atoms with E-state index in [-0.39, 0.29) is 0 Å². The standard InChI is InChI=1S/C13H17N3O2/c1-8-15-11-6-9(4-5-12(11)16(8)3)10(7-14-2)13(17)18/h4-6,10,14H,7H2,1-3H3,(H,17,18). The van der Waals surface area contributed by atoms with E-state index in [4.69, 9.17) is 0 Å². The average molecular weight is 247 g/mol. The maximum atomic E-state index is 11.2. The first kappa shape index (κ1) is 12.6. The Morgan fingerprint density at radius 2 is 2.28 bits per heavy atom. The monoisotopic (exact) mass is 247 g/mol. The van der Waals surface area contributed by atoms with Crippen molar-refractivity contribution in [3.63, 3.8) is 0 Å². The number of aryl methyl sites for hydroxylation is 2. The van der Waals surface area contributed by atoms with Crippen molar-refractivity contribution in [2.75, 3.05) is 13.6 Å². The second kappa shape index (κ2) is 4.78. The Balaban J connectivity index is 2.48. The third kappa shape index (κ3) is 2.09. The summed E-state index contributed by atoms with van der Waals surface area (Å²) in [7, 11) is 3.70. The number of rotatable bonds is 4. The van der Waals surface area contributed by atoms with Gasteiger partial charge in [-0.2, -0.15) is 0 Å². The van der Waals surface area contributed by atoms with Gasteiger partial charge < -0.3 is 15.0 Å². The molecule has 0 amide bonds. The molecule has 18 heavy (non-hydrogen) atoms. The van der Waals surface area contributed by atoms with Crippen LogP contribution in [0.3, 0.4) is 0 Å². The third-order valence-electron chi connectivity index (χ3n) is 3.24. The van der Waals surface area contributed by atoms with E-state index in [0.717, 1.165) is 22.4 Å². The second-order valence-corrected chi connectivity index (χ2v) is 4.41. The number of aliphatic carboxylic acids is 1. The maximum absolute atomic E-state index is 11.2. The molecule has 0 saturated heterocycles. The summed E-state index contributed by atoms with van der Waals surface area (Å²) in [5.41, 5.74) is 2.64. The summed E-state index contributed by atoms with van der Waals surface area (Å²) in [6.07, 6.45) is 0. The average Bonchev–Trinajstić information content (AvgIpc) is 2.61. The van der Waals surface area contributed by atoms with Crippen molar-refractivity contribution in [1.29, 1.82) is 0 Å². The highest BCUT2D eigenvalue weighted by Crippen LogP contribution is 2.22. The number of nitrogens with zero attached hydrogens (tertiary/aromatic N) is 2. The summed E-state index contributed by atoms with van der Waals surface area (Å²) in [5, 5.41) is 12.1. The molecule has 0 aliphatic heterocycles. The van der Waals surface area contributed by atoms with Crippen molar-refractivity contribution in [3.8, 4) is 0 Å². The summed E-state index contributed by atoms with van der Waals surface area (Å²) in [6.45, 7) is 2.34. The Hall–Kier alpha value is -1.88. The van der Waals surface area contributed by atoms with Gasteiger partial charge in [-0.1, -0.05) is 6.07 Å². The van der Waals surface area contributed by atoms with Crippen LogP contribution in [0.25, 0.3) is 11.0 Å². The van der Waals surface area contributed by atoms with Crippen LogP contribution in [-0.2, 0) is 11.8 Å². The van der Waals surface area contributed by atoms with E-state index < -0.39 is 11.9 Å². The zero-order chi connectivity index (χ0) is 13.3. The number of benzene rings is 1. The van der Waals surface area contributed by atoms with Gasteiger partial charge in [0.15, 0.2) is 0 Å². The van der Waals surface area contributed by atoms with Crippen LogP contribution in [0.2, 0.25) is 0 Å². The van der Waals surface area contributed by atoms with E-state index in [9.17, 15) is 9.90 Å². The van der Waals surface area contributed by atoms with Gasteiger partial charge in [0.2, 0.25) is 0 Å². The number of nitrogens with one attached hydrogen (secondary N) is 1. The van der Waals surface area contributed by atoms with Gasteiger partial charge in [0.1, 0.15) is 5.82 Å². The minimum atomic E-state index is -0.823. The van der Waals surface area contributed by atoms with E-state index in [1.165, 1.54) is 0 Å². The summed E-state index contributed by atoms with van der Waals surface area (Å²) in [6, 6.07) is 5.65. The van der Waals surface area contributed by atoms with Crippen molar-refractivity contribution < 1.29 is 9.90 Å². The highest BCUT2D eigenvalue weighted by Gasteiger charge is 2.19. The van der Waals surface area contributed by atoms with Crippen LogP contribution in [0.15, 0.2) is 18.2 Å². The van der Waals surface area contributed by atoms with Crippen molar-refractivity contribution >= 4 is 17.0 Å². The number of hydrogen-bond acceptors (Lipinski definition) is 3. The van der Waals surface area contributed by atoms with Gasteiger partial charge in [-0.25, -0.2) is 4.98 Å². The molecule has 1 unspecified atom stereocenters. The topological polar surface area (TPSA) is 67.2 Å². The van der Waals surface area contributed by atoms with Gasteiger partial charge in [-0.15, -0.1) is 0 Å². The van der Waals surface area contributed by atoms with Gasteiger partial charge in [-0.3, -0.25) is 4.79 Å². The zero-order valence-electron chi connectivity index (χ0n) is 10.8. The quantitative estimate of drug-likeness (QED) is 0.853. The molecule has 5 heteroatoms. The first-order valence-corrected chi connectivity index (χ1v) is 5.85. The van der Waals surface area contributed by atoms with Crippen molar-refractivity contribution in [3.05, 3.63) is 29.6 Å². The second-order valence-electron chi connectivity index (χ2n) is 4.41. The summed E-state index contributed by atoms with van der Waals surface area (Å²) < 4.78 is 1.99. The number of fused-ring (bicyclic) bond motifs is 1. The minimum Gasteiger partial charge on any atom is -0.481 e. The number of hydrogen-bond donors (Lipinski definition) is 2. The normalized spacial score (nSPS) is 12.8. The third-order valence-corrected chi connectivity index (χ3v) is 3.24. The summed E-state index contributed by atoms with van der Waals surface area (Å²) in [5.74, 6) is -0.444. The highest BCUT2D eigenvalue weighted by atomic mass is 16.4. The van der Waals surface area contributed by atoms with Crippen LogP contribution in [0.1, 0.15) is 17.3 Å². The predicted octanol–water partition coefficient (Wildman–Crippen LogP) is 1.27. The number of imidazole rings is 1. The van der Waals surface area contributed by atoms with E-state index in [1.807, 2.05) is 36.7 Å². The van der Waals surface area contributed by atoms with E-state index >= 15 is 0 Å². The lowest BCUT2D eigenvalue weighted by Crippen LogP contribution is -2.24. The first-order valence-electron chi connectivity index (χ1n) is 5.85. The van der Waals surface area contributed by atoms with Crippen molar-refractivity contribution in [2.45, 2.75) is 12.8 Å². The Morgan fingerprint density at radius 1 is 1.56 bits per heavy atom. The summed E-state index contributed by atoms with van der Waals surface area (Å²) >= 11 is 0. The van der Waals surface area contributed by atoms with Crippen molar-refractivity contribution in [1.82, 2.24) is 14.9 Å². The molecule has 0 bridgehead atoms. The Bertz CT molecular complexity index is 589. The SMILES string of the molecule is CNCC(C(=O)O)c1ccc2c(c1)nc(C)n2C. The molecule has 0 fully saturated rings. The lowest BCUT2D eigenvalue weighted by molar-refractivity contribution is -0.138. The van der Waals surface area contributed by atoms with Crippen LogP contribution in [0, 0.1) is 6.92 Å². The molecule has 96 valence electrons. The molecule has 1 aromatic carbocycles. The van der Waals surface area contributed by atoms with Crippen LogP contribution in [0.4, 0.5) is 0 Å². The molecular formula is C13H17N3O2. The smallest absolute Gasteiger partial charge is 0.312 e. The fraction of sp³-hybridized carbons (Fsp3) is 0.385. The fourth-order valence-electron chi connectivity index (χ4n) is 2.11. The lowest BCUT2D eigenvalue weighted by Gasteiger charge is -2.12. The van der Waals surface area contributed by atoms with Crippen molar-refractivity contribution in [2.24, 2.45) is 7.05 Å². The molecule has 1 aromatic heterocycles. The van der Waals surface area contributed by atoms with Gasteiger partial charge in [0, 0.05) is 13.6 Å². The zero-order valence-corrected chi connectivity index (χ0v) is 10.8. The molecule has 2 rings (SSSR count). The van der Waals surface area contributed by atoms with Crippen LogP contribution in [-0.4, -0.2) is 34.2 Å². The summed E-state index contributed by atoms with van der Waals surface area (Å²) in [4.78, 5) is 15.7.